The standard InChI is InChI=1S/C44H75N15O12/c1-21(2)16-30(56-37(64)27(45)10-8-14-50-44(47)48)42(69)59-15-9-11-32(59)40(67)53-23(5)35(62)52-24(6)36(63)54-28(12-13-33(46)61)38(65)55-29(18-26-19-49-20-51-26)39(66)58-34(25(7)60)41(68)57-31(43(70)71)17-22(3)4/h19-25,27-32,34,60H,8-18,45H2,1-7H3,(H2,46,61)(H,49,51)(H,52,62)(H,53,67)(H,54,63)(H,55,65)(H,56,64)(H,57,68)(H,58,66)(H,70,71)(H4,47,48,50)/t23-,24-,25+,27-,28-,29-,30-,31-,32-,34-/m0/s1. The summed E-state index contributed by atoms with van der Waals surface area (Å²) >= 11 is 0. The van der Waals surface area contributed by atoms with Crippen LogP contribution in [0.2, 0.25) is 0 Å². The van der Waals surface area contributed by atoms with Crippen molar-refractivity contribution in [1.82, 2.24) is 52.1 Å². The van der Waals surface area contributed by atoms with Gasteiger partial charge in [0.25, 0.3) is 0 Å². The van der Waals surface area contributed by atoms with Crippen molar-refractivity contribution in [2.24, 2.45) is 39.8 Å². The van der Waals surface area contributed by atoms with Gasteiger partial charge in [0.15, 0.2) is 5.96 Å². The second-order valence-corrected chi connectivity index (χ2v) is 18.6. The van der Waals surface area contributed by atoms with Crippen LogP contribution in [0, 0.1) is 11.8 Å². The van der Waals surface area contributed by atoms with E-state index in [1.807, 2.05) is 13.8 Å². The second-order valence-electron chi connectivity index (χ2n) is 18.6. The van der Waals surface area contributed by atoms with Gasteiger partial charge in [-0.15, -0.1) is 0 Å². The summed E-state index contributed by atoms with van der Waals surface area (Å²) in [5.41, 5.74) is 22.5. The number of aliphatic hydroxyl groups is 1. The fraction of sp³-hybridized carbons (Fsp3) is 0.682. The van der Waals surface area contributed by atoms with Gasteiger partial charge < -0.3 is 80.2 Å². The summed E-state index contributed by atoms with van der Waals surface area (Å²) in [4.78, 5) is 144. The van der Waals surface area contributed by atoms with Crippen LogP contribution < -0.4 is 60.2 Å². The number of aromatic amines is 1. The normalized spacial score (nSPS) is 17.2. The molecule has 27 heteroatoms. The van der Waals surface area contributed by atoms with E-state index >= 15 is 0 Å². The molecule has 9 amide bonds. The SMILES string of the molecule is CC(C)C[C@H](NC(=O)[C@@H](NC(=O)[C@H](Cc1cnc[nH]1)NC(=O)[C@H](CCC(N)=O)NC(=O)[C@H](C)NC(=O)[C@H](C)NC(=O)[C@@H]1CCCN1C(=O)[C@H](CC(C)C)NC(=O)[C@@H](N)CCCN=C(N)N)[C@@H](C)O)C(=O)O. The first-order chi connectivity index (χ1) is 33.2. The molecule has 0 unspecified atom stereocenters. The molecule has 398 valence electrons. The van der Waals surface area contributed by atoms with Crippen molar-refractivity contribution >= 4 is 65.1 Å². The predicted octanol–water partition coefficient (Wildman–Crippen LogP) is -4.42. The second kappa shape index (κ2) is 29.3. The fourth-order valence-corrected chi connectivity index (χ4v) is 7.47. The predicted molar refractivity (Wildman–Crippen MR) is 256 cm³/mol. The van der Waals surface area contributed by atoms with Gasteiger partial charge in [0, 0.05) is 37.8 Å². The van der Waals surface area contributed by atoms with Crippen LogP contribution in [0.3, 0.4) is 0 Å². The molecule has 2 heterocycles. The van der Waals surface area contributed by atoms with Crippen molar-refractivity contribution in [1.29, 1.82) is 0 Å². The van der Waals surface area contributed by atoms with E-state index in [0.717, 1.165) is 0 Å². The molecule has 0 bridgehead atoms. The molecule has 71 heavy (non-hydrogen) atoms. The molecule has 1 fully saturated rings. The number of hydrogen-bond donors (Lipinski definition) is 14. The van der Waals surface area contributed by atoms with Crippen LogP contribution >= 0.6 is 0 Å². The Kier molecular flexibility index (Phi) is 24.9. The van der Waals surface area contributed by atoms with E-state index in [2.05, 4.69) is 52.2 Å². The Hall–Kier alpha value is -6.90. The van der Waals surface area contributed by atoms with E-state index in [-0.39, 0.29) is 69.4 Å². The zero-order valence-corrected chi connectivity index (χ0v) is 41.5. The van der Waals surface area contributed by atoms with Gasteiger partial charge in [-0.05, 0) is 77.6 Å². The number of imidazole rings is 1. The van der Waals surface area contributed by atoms with Crippen LogP contribution in [0.5, 0.6) is 0 Å². The fourth-order valence-electron chi connectivity index (χ4n) is 7.47. The number of aliphatic hydroxyl groups excluding tert-OH is 1. The molecular weight excluding hydrogens is 931 g/mol. The molecule has 0 aromatic carbocycles. The van der Waals surface area contributed by atoms with E-state index in [1.54, 1.807) is 13.8 Å². The molecule has 27 nitrogen and oxygen atoms in total. The largest absolute Gasteiger partial charge is 0.480 e. The molecule has 10 atom stereocenters. The number of aliphatic carboxylic acids is 1. The van der Waals surface area contributed by atoms with Gasteiger partial charge >= 0.3 is 5.97 Å². The van der Waals surface area contributed by atoms with E-state index in [0.29, 0.717) is 18.5 Å². The third-order valence-corrected chi connectivity index (χ3v) is 11.3. The summed E-state index contributed by atoms with van der Waals surface area (Å²) in [5, 5.41) is 37.5. The maximum atomic E-state index is 13.9. The number of carboxylic acids is 1. The molecule has 1 saturated heterocycles. The highest BCUT2D eigenvalue weighted by Gasteiger charge is 2.40. The Balaban J connectivity index is 2.17. The number of carboxylic acid groups (broad SMARTS) is 1. The van der Waals surface area contributed by atoms with Crippen molar-refractivity contribution in [2.75, 3.05) is 13.1 Å². The maximum absolute atomic E-state index is 13.9. The molecule has 1 aromatic rings. The molecule has 1 aromatic heterocycles. The van der Waals surface area contributed by atoms with Crippen LogP contribution in [0.4, 0.5) is 0 Å². The average molecular weight is 1010 g/mol. The number of H-pyrrole nitrogens is 1. The summed E-state index contributed by atoms with van der Waals surface area (Å²) < 4.78 is 0. The zero-order chi connectivity index (χ0) is 53.7. The minimum Gasteiger partial charge on any atom is -0.480 e. The Morgan fingerprint density at radius 2 is 1.30 bits per heavy atom. The van der Waals surface area contributed by atoms with E-state index in [9.17, 15) is 58.2 Å². The highest BCUT2D eigenvalue weighted by atomic mass is 16.4. The van der Waals surface area contributed by atoms with Crippen LogP contribution in [-0.4, -0.2) is 164 Å². The minimum atomic E-state index is -1.68. The van der Waals surface area contributed by atoms with Gasteiger partial charge in [-0.1, -0.05) is 27.7 Å². The quantitative estimate of drug-likeness (QED) is 0.0197. The molecule has 0 saturated carbocycles. The van der Waals surface area contributed by atoms with Crippen molar-refractivity contribution in [3.63, 3.8) is 0 Å². The first-order valence-corrected chi connectivity index (χ1v) is 23.6. The number of amides is 9. The number of carbonyl (C=O) groups excluding carboxylic acids is 9. The van der Waals surface area contributed by atoms with Gasteiger partial charge in [0.2, 0.25) is 53.2 Å². The highest BCUT2D eigenvalue weighted by molar-refractivity contribution is 5.98. The number of aliphatic imine (C=N–C) groups is 1. The third-order valence-electron chi connectivity index (χ3n) is 11.3. The molecule has 18 N–H and O–H groups in total. The Labute approximate surface area is 412 Å². The zero-order valence-electron chi connectivity index (χ0n) is 41.5. The Morgan fingerprint density at radius 1 is 0.732 bits per heavy atom. The van der Waals surface area contributed by atoms with Gasteiger partial charge in [0.1, 0.15) is 48.3 Å². The Bertz CT molecular complexity index is 2030. The summed E-state index contributed by atoms with van der Waals surface area (Å²) in [7, 11) is 0. The molecule has 2 rings (SSSR count). The summed E-state index contributed by atoms with van der Waals surface area (Å²) in [6.45, 7) is 11.5. The molecule has 0 aliphatic carbocycles. The monoisotopic (exact) mass is 1010 g/mol. The van der Waals surface area contributed by atoms with E-state index in [1.165, 1.54) is 38.2 Å². The number of primary amides is 1. The third kappa shape index (κ3) is 20.9. The number of nitrogens with two attached hydrogens (primary N) is 4. The van der Waals surface area contributed by atoms with E-state index < -0.39 is 126 Å². The van der Waals surface area contributed by atoms with E-state index in [4.69, 9.17) is 22.9 Å². The summed E-state index contributed by atoms with van der Waals surface area (Å²) in [6.07, 6.45) is 1.76. The molecule has 1 aliphatic heterocycles. The number of rotatable bonds is 30. The molecule has 0 spiro atoms. The average Bonchev–Trinajstić information content (AvgIpc) is 3.99. The molecular formula is C44H75N15O12. The first-order valence-electron chi connectivity index (χ1n) is 23.6. The van der Waals surface area contributed by atoms with Crippen molar-refractivity contribution in [3.05, 3.63) is 18.2 Å². The van der Waals surface area contributed by atoms with Gasteiger partial charge in [-0.2, -0.15) is 0 Å². The number of nitrogens with one attached hydrogen (secondary N) is 8. The maximum Gasteiger partial charge on any atom is 0.326 e. The lowest BCUT2D eigenvalue weighted by Crippen LogP contribution is -2.61. The van der Waals surface area contributed by atoms with Crippen molar-refractivity contribution in [3.8, 4) is 0 Å². The lowest BCUT2D eigenvalue weighted by molar-refractivity contribution is -0.143. The highest BCUT2D eigenvalue weighted by Crippen LogP contribution is 2.21. The number of hydrogen-bond acceptors (Lipinski definition) is 14. The number of nitrogens with zero attached hydrogens (tertiary/aromatic N) is 3. The van der Waals surface area contributed by atoms with Gasteiger partial charge in [0.05, 0.1) is 18.5 Å². The topological polar surface area (TPSA) is 444 Å². The number of likely N-dealkylation sites (tertiary alicyclic amines) is 1. The lowest BCUT2D eigenvalue weighted by Gasteiger charge is -2.30. The van der Waals surface area contributed by atoms with Crippen LogP contribution in [0.1, 0.15) is 106 Å². The van der Waals surface area contributed by atoms with Crippen molar-refractivity contribution in [2.45, 2.75) is 167 Å². The number of guanidine groups is 1. The summed E-state index contributed by atoms with van der Waals surface area (Å²) in [6, 6.07) is -11.6. The van der Waals surface area contributed by atoms with Gasteiger partial charge in [-0.3, -0.25) is 48.1 Å². The first kappa shape index (κ1) is 60.2. The number of carbonyl (C=O) groups is 10. The minimum absolute atomic E-state index is 0.0309. The smallest absolute Gasteiger partial charge is 0.326 e. The summed E-state index contributed by atoms with van der Waals surface area (Å²) in [5.74, 6) is -8.89. The Morgan fingerprint density at radius 3 is 1.86 bits per heavy atom. The van der Waals surface area contributed by atoms with Crippen LogP contribution in [-0.2, 0) is 54.4 Å². The van der Waals surface area contributed by atoms with Gasteiger partial charge in [-0.25, -0.2) is 9.78 Å². The van der Waals surface area contributed by atoms with Crippen LogP contribution in [0.25, 0.3) is 0 Å². The molecule has 0 radical (unpaired) electrons. The van der Waals surface area contributed by atoms with Crippen molar-refractivity contribution < 1.29 is 58.2 Å². The lowest BCUT2D eigenvalue weighted by atomic mass is 10.0. The molecule has 1 aliphatic rings. The number of aromatic nitrogens is 2. The van der Waals surface area contributed by atoms with Crippen LogP contribution in [0.15, 0.2) is 17.5 Å².